The lowest BCUT2D eigenvalue weighted by Gasteiger charge is -2.45. The summed E-state index contributed by atoms with van der Waals surface area (Å²) in [6, 6.07) is 26.0. The Labute approximate surface area is 283 Å². The Kier molecular flexibility index (Phi) is 8.83. The minimum atomic E-state index is -1.71. The van der Waals surface area contributed by atoms with E-state index in [0.717, 1.165) is 66.8 Å². The fourth-order valence-corrected chi connectivity index (χ4v) is 9.92. The quantitative estimate of drug-likeness (QED) is 0.201. The molecular formula is C41H50NO4P. The van der Waals surface area contributed by atoms with Crippen molar-refractivity contribution in [1.82, 2.24) is 4.67 Å². The van der Waals surface area contributed by atoms with Crippen molar-refractivity contribution in [2.75, 3.05) is 14.1 Å². The monoisotopic (exact) mass is 651 g/mol. The van der Waals surface area contributed by atoms with Gasteiger partial charge in [0.05, 0.1) is 0 Å². The summed E-state index contributed by atoms with van der Waals surface area (Å²) in [6.45, 7) is 21.5. The van der Waals surface area contributed by atoms with Gasteiger partial charge < -0.3 is 18.5 Å². The van der Waals surface area contributed by atoms with E-state index in [2.05, 4.69) is 147 Å². The second-order valence-corrected chi connectivity index (χ2v) is 15.9. The van der Waals surface area contributed by atoms with Crippen LogP contribution in [-0.2, 0) is 29.7 Å². The van der Waals surface area contributed by atoms with Gasteiger partial charge in [-0.2, -0.15) is 0 Å². The fourth-order valence-electron chi connectivity index (χ4n) is 8.49. The predicted octanol–water partition coefficient (Wildman–Crippen LogP) is 9.70. The summed E-state index contributed by atoms with van der Waals surface area (Å²) in [7, 11) is 2.40. The molecule has 0 amide bonds. The molecule has 2 fully saturated rings. The van der Waals surface area contributed by atoms with Crippen molar-refractivity contribution in [3.8, 4) is 0 Å². The molecule has 0 aliphatic carbocycles. The van der Waals surface area contributed by atoms with Crippen molar-refractivity contribution in [2.24, 2.45) is 0 Å². The molecule has 4 aromatic carbocycles. The molecule has 6 rings (SSSR count). The van der Waals surface area contributed by atoms with E-state index in [1.807, 2.05) is 13.8 Å². The number of rotatable bonds is 5. The van der Waals surface area contributed by atoms with Gasteiger partial charge in [0.1, 0.15) is 12.2 Å². The molecule has 2 aliphatic heterocycles. The lowest BCUT2D eigenvalue weighted by atomic mass is 9.67. The van der Waals surface area contributed by atoms with Gasteiger partial charge in [0.15, 0.2) is 17.0 Å². The maximum Gasteiger partial charge on any atom is 0.260 e. The minimum Gasteiger partial charge on any atom is -0.341 e. The Morgan fingerprint density at radius 1 is 0.468 bits per heavy atom. The van der Waals surface area contributed by atoms with Gasteiger partial charge in [-0.05, 0) is 150 Å². The second kappa shape index (κ2) is 12.2. The van der Waals surface area contributed by atoms with Crippen LogP contribution in [0.4, 0.5) is 0 Å². The molecule has 0 saturated carbocycles. The standard InChI is InChI=1S/C41H50NO4P/c1-25-17-13-18-26(2)33(25)40(34-27(3)19-14-20-28(34)4)37-38(44-39(9,10)43-37)41(46-47(45-40)42(11)12,35-29(5)21-15-22-30(35)6)36-31(7)23-16-24-32(36)8/h13-24,37-38H,1-12H3/t37-,38-/m1/s1. The molecule has 6 heteroatoms. The van der Waals surface area contributed by atoms with Crippen LogP contribution in [0.1, 0.15) is 80.6 Å². The van der Waals surface area contributed by atoms with Crippen LogP contribution in [-0.4, -0.2) is 36.8 Å². The number of ether oxygens (including phenoxy) is 2. The summed E-state index contributed by atoms with van der Waals surface area (Å²) in [5, 5.41) is 0. The van der Waals surface area contributed by atoms with Crippen LogP contribution in [0.25, 0.3) is 0 Å². The predicted molar refractivity (Wildman–Crippen MR) is 192 cm³/mol. The maximum atomic E-state index is 7.78. The van der Waals surface area contributed by atoms with E-state index < -0.39 is 37.7 Å². The van der Waals surface area contributed by atoms with Crippen molar-refractivity contribution in [3.05, 3.63) is 140 Å². The van der Waals surface area contributed by atoms with Crippen molar-refractivity contribution in [1.29, 1.82) is 0 Å². The SMILES string of the molecule is Cc1cccc(C)c1C1(c2c(C)cccc2C)OP(N(C)C)OC(c2c(C)cccc2C)(c2c(C)cccc2C)[C@@H]2OC(C)(C)O[C@H]21. The number of benzene rings is 4. The molecule has 2 atom stereocenters. The summed E-state index contributed by atoms with van der Waals surface area (Å²) in [5.41, 5.74) is 11.4. The highest BCUT2D eigenvalue weighted by atomic mass is 31.2. The van der Waals surface area contributed by atoms with E-state index in [0.29, 0.717) is 0 Å². The number of nitrogens with zero attached hydrogens (tertiary/aromatic N) is 1. The molecule has 0 spiro atoms. The lowest BCUT2D eigenvalue weighted by molar-refractivity contribution is -0.175. The summed E-state index contributed by atoms with van der Waals surface area (Å²) in [6.07, 6.45) is -1.19. The minimum absolute atomic E-state index is 0.595. The molecule has 5 nitrogen and oxygen atoms in total. The zero-order chi connectivity index (χ0) is 34.1. The van der Waals surface area contributed by atoms with Crippen LogP contribution in [0.3, 0.4) is 0 Å². The summed E-state index contributed by atoms with van der Waals surface area (Å²) in [5.74, 6) is -0.933. The van der Waals surface area contributed by atoms with E-state index in [1.165, 1.54) is 0 Å². The molecule has 2 heterocycles. The fraction of sp³-hybridized carbons (Fsp3) is 0.415. The molecule has 0 radical (unpaired) electrons. The molecule has 0 aromatic heterocycles. The number of hydrogen-bond donors (Lipinski definition) is 0. The molecule has 4 aromatic rings. The van der Waals surface area contributed by atoms with Gasteiger partial charge in [-0.15, -0.1) is 0 Å². The molecule has 47 heavy (non-hydrogen) atoms. The Balaban J connectivity index is 1.86. The molecule has 2 aliphatic rings. The Hall–Kier alpha value is -2.89. The smallest absolute Gasteiger partial charge is 0.260 e. The summed E-state index contributed by atoms with van der Waals surface area (Å²) in [4.78, 5) is 0. The Morgan fingerprint density at radius 2 is 0.702 bits per heavy atom. The average molecular weight is 652 g/mol. The van der Waals surface area contributed by atoms with Gasteiger partial charge in [-0.3, -0.25) is 0 Å². The van der Waals surface area contributed by atoms with Crippen LogP contribution >= 0.6 is 8.53 Å². The molecule has 0 N–H and O–H groups in total. The topological polar surface area (TPSA) is 40.2 Å². The second-order valence-electron chi connectivity index (χ2n) is 14.3. The van der Waals surface area contributed by atoms with Gasteiger partial charge in [0, 0.05) is 0 Å². The normalized spacial score (nSPS) is 21.9. The first-order valence-electron chi connectivity index (χ1n) is 16.6. The third-order valence-corrected chi connectivity index (χ3v) is 11.6. The van der Waals surface area contributed by atoms with E-state index in [4.69, 9.17) is 18.5 Å². The van der Waals surface area contributed by atoms with Crippen LogP contribution in [0.15, 0.2) is 72.8 Å². The third-order valence-electron chi connectivity index (χ3n) is 10.1. The molecular weight excluding hydrogens is 601 g/mol. The molecule has 248 valence electrons. The molecule has 2 saturated heterocycles. The summed E-state index contributed by atoms with van der Waals surface area (Å²) < 4.78 is 32.3. The Morgan fingerprint density at radius 3 is 0.915 bits per heavy atom. The van der Waals surface area contributed by atoms with Crippen LogP contribution in [0, 0.1) is 55.4 Å². The van der Waals surface area contributed by atoms with E-state index in [9.17, 15) is 0 Å². The highest BCUT2D eigenvalue weighted by Gasteiger charge is 2.68. The van der Waals surface area contributed by atoms with Gasteiger partial charge in [-0.1, -0.05) is 72.8 Å². The van der Waals surface area contributed by atoms with Crippen LogP contribution < -0.4 is 0 Å². The largest absolute Gasteiger partial charge is 0.341 e. The first-order valence-corrected chi connectivity index (χ1v) is 17.8. The van der Waals surface area contributed by atoms with Crippen molar-refractivity contribution in [3.63, 3.8) is 0 Å². The van der Waals surface area contributed by atoms with E-state index in [-0.39, 0.29) is 0 Å². The number of hydrogen-bond acceptors (Lipinski definition) is 5. The Bertz CT molecular complexity index is 1520. The average Bonchev–Trinajstić information content (AvgIpc) is 3.26. The van der Waals surface area contributed by atoms with Crippen molar-refractivity contribution < 1.29 is 18.5 Å². The maximum absolute atomic E-state index is 7.78. The third kappa shape index (κ3) is 5.31. The van der Waals surface area contributed by atoms with Gasteiger partial charge in [-0.25, -0.2) is 4.67 Å². The molecule has 0 unspecified atom stereocenters. The first kappa shape index (κ1) is 34.0. The molecule has 0 bridgehead atoms. The van der Waals surface area contributed by atoms with Crippen molar-refractivity contribution >= 4 is 8.53 Å². The highest BCUT2D eigenvalue weighted by Crippen LogP contribution is 2.67. The highest BCUT2D eigenvalue weighted by molar-refractivity contribution is 7.44. The zero-order valence-corrected chi connectivity index (χ0v) is 31.0. The summed E-state index contributed by atoms with van der Waals surface area (Å²) >= 11 is 0. The lowest BCUT2D eigenvalue weighted by Crippen LogP contribution is -2.55. The van der Waals surface area contributed by atoms with E-state index >= 15 is 0 Å². The van der Waals surface area contributed by atoms with E-state index in [1.54, 1.807) is 0 Å². The van der Waals surface area contributed by atoms with Crippen LogP contribution in [0.5, 0.6) is 0 Å². The van der Waals surface area contributed by atoms with Gasteiger partial charge in [0.25, 0.3) is 8.53 Å². The zero-order valence-electron chi connectivity index (χ0n) is 30.1. The first-order chi connectivity index (χ1) is 22.2. The van der Waals surface area contributed by atoms with Crippen molar-refractivity contribution in [2.45, 2.75) is 98.4 Å². The van der Waals surface area contributed by atoms with Gasteiger partial charge >= 0.3 is 0 Å². The van der Waals surface area contributed by atoms with Gasteiger partial charge in [0.2, 0.25) is 0 Å². The van der Waals surface area contributed by atoms with Crippen LogP contribution in [0.2, 0.25) is 0 Å². The number of aryl methyl sites for hydroxylation is 8. The number of fused-ring (bicyclic) bond motifs is 1.